The minimum atomic E-state index is -3.36. The smallest absolute Gasteiger partial charge is 0.250 e. The van der Waals surface area contributed by atoms with Crippen LogP contribution in [0.5, 0.6) is 0 Å². The van der Waals surface area contributed by atoms with E-state index in [4.69, 9.17) is 5.11 Å². The molecule has 0 aliphatic carbocycles. The molecule has 4 nitrogen and oxygen atoms in total. The maximum atomic E-state index is 11.7. The lowest BCUT2D eigenvalue weighted by Gasteiger charge is -2.12. The maximum absolute atomic E-state index is 11.7. The van der Waals surface area contributed by atoms with Gasteiger partial charge in [0.05, 0.1) is 0 Å². The molecular weight excluding hydrogens is 234 g/mol. The molecule has 1 unspecified atom stereocenters. The fourth-order valence-corrected chi connectivity index (χ4v) is 3.48. The Morgan fingerprint density at radius 3 is 2.87 bits per heavy atom. The molecule has 86 valence electrons. The van der Waals surface area contributed by atoms with E-state index in [1.807, 2.05) is 0 Å². The van der Waals surface area contributed by atoms with Crippen molar-refractivity contribution in [1.82, 2.24) is 4.72 Å². The van der Waals surface area contributed by atoms with E-state index in [1.165, 1.54) is 11.3 Å². The molecule has 0 fully saturated rings. The standard InChI is InChI=1S/C9H15NO3S2/c1-8(4-2-6-11)10-15(12,13)9-5-3-7-14-9/h3,5,7-8,10-11H,2,4,6H2,1H3. The zero-order chi connectivity index (χ0) is 11.3. The van der Waals surface area contributed by atoms with Crippen molar-refractivity contribution in [2.45, 2.75) is 30.0 Å². The lowest BCUT2D eigenvalue weighted by molar-refractivity contribution is 0.279. The molecule has 0 aromatic carbocycles. The molecule has 2 N–H and O–H groups in total. The second kappa shape index (κ2) is 5.60. The predicted molar refractivity (Wildman–Crippen MR) is 60.4 cm³/mol. The van der Waals surface area contributed by atoms with E-state index in [0.29, 0.717) is 17.1 Å². The maximum Gasteiger partial charge on any atom is 0.250 e. The van der Waals surface area contributed by atoms with Crippen LogP contribution < -0.4 is 4.72 Å². The molecule has 1 aromatic heterocycles. The minimum absolute atomic E-state index is 0.0884. The van der Waals surface area contributed by atoms with E-state index in [-0.39, 0.29) is 12.6 Å². The van der Waals surface area contributed by atoms with Gasteiger partial charge in [-0.2, -0.15) is 0 Å². The fraction of sp³-hybridized carbons (Fsp3) is 0.556. The third-order valence-electron chi connectivity index (χ3n) is 1.91. The van der Waals surface area contributed by atoms with Gasteiger partial charge in [0.25, 0.3) is 0 Å². The summed E-state index contributed by atoms with van der Waals surface area (Å²) in [5.41, 5.74) is 0. The van der Waals surface area contributed by atoms with Crippen LogP contribution in [0.1, 0.15) is 19.8 Å². The van der Waals surface area contributed by atoms with E-state index in [0.717, 1.165) is 0 Å². The molecule has 0 spiro atoms. The van der Waals surface area contributed by atoms with Crippen LogP contribution in [0.2, 0.25) is 0 Å². The summed E-state index contributed by atoms with van der Waals surface area (Å²) in [6.45, 7) is 1.88. The number of nitrogens with one attached hydrogen (secondary N) is 1. The summed E-state index contributed by atoms with van der Waals surface area (Å²) in [5, 5.41) is 10.4. The Hall–Kier alpha value is -0.430. The normalized spacial score (nSPS) is 14.0. The van der Waals surface area contributed by atoms with Crippen LogP contribution in [0.4, 0.5) is 0 Å². The first kappa shape index (κ1) is 12.6. The largest absolute Gasteiger partial charge is 0.396 e. The second-order valence-corrected chi connectivity index (χ2v) is 6.21. The predicted octanol–water partition coefficient (Wildman–Crippen LogP) is 1.19. The highest BCUT2D eigenvalue weighted by molar-refractivity contribution is 7.91. The van der Waals surface area contributed by atoms with Gasteiger partial charge in [-0.3, -0.25) is 0 Å². The molecule has 0 bridgehead atoms. The van der Waals surface area contributed by atoms with Gasteiger partial charge in [-0.1, -0.05) is 6.07 Å². The molecule has 1 atom stereocenters. The second-order valence-electron chi connectivity index (χ2n) is 3.32. The van der Waals surface area contributed by atoms with Crippen molar-refractivity contribution in [2.24, 2.45) is 0 Å². The molecule has 0 saturated carbocycles. The molecule has 1 rings (SSSR count). The van der Waals surface area contributed by atoms with Gasteiger partial charge in [0.2, 0.25) is 10.0 Å². The van der Waals surface area contributed by atoms with Crippen LogP contribution in [0.25, 0.3) is 0 Å². The van der Waals surface area contributed by atoms with Crippen LogP contribution in [0.15, 0.2) is 21.7 Å². The quantitative estimate of drug-likeness (QED) is 0.796. The van der Waals surface area contributed by atoms with Gasteiger partial charge in [0.15, 0.2) is 0 Å². The topological polar surface area (TPSA) is 66.4 Å². The van der Waals surface area contributed by atoms with Crippen molar-refractivity contribution >= 4 is 21.4 Å². The van der Waals surface area contributed by atoms with Crippen LogP contribution in [-0.2, 0) is 10.0 Å². The molecule has 0 aliphatic heterocycles. The Kier molecular flexibility index (Phi) is 4.72. The molecule has 0 aliphatic rings. The number of sulfonamides is 1. The first-order valence-electron chi connectivity index (χ1n) is 4.73. The Balaban J connectivity index is 2.57. The molecule has 0 saturated heterocycles. The summed E-state index contributed by atoms with van der Waals surface area (Å²) in [4.78, 5) is 0. The van der Waals surface area contributed by atoms with Gasteiger partial charge in [-0.25, -0.2) is 13.1 Å². The van der Waals surface area contributed by atoms with Crippen molar-refractivity contribution in [2.75, 3.05) is 6.61 Å². The third-order valence-corrected chi connectivity index (χ3v) is 4.90. The highest BCUT2D eigenvalue weighted by atomic mass is 32.2. The van der Waals surface area contributed by atoms with E-state index in [9.17, 15) is 8.42 Å². The Morgan fingerprint density at radius 1 is 1.60 bits per heavy atom. The number of hydrogen-bond acceptors (Lipinski definition) is 4. The number of aliphatic hydroxyl groups excluding tert-OH is 1. The lowest BCUT2D eigenvalue weighted by atomic mass is 10.2. The number of rotatable bonds is 6. The highest BCUT2D eigenvalue weighted by Gasteiger charge is 2.17. The van der Waals surface area contributed by atoms with Gasteiger partial charge in [-0.15, -0.1) is 11.3 Å². The Labute approximate surface area is 94.0 Å². The third kappa shape index (κ3) is 3.90. The van der Waals surface area contributed by atoms with Crippen molar-refractivity contribution in [3.05, 3.63) is 17.5 Å². The zero-order valence-corrected chi connectivity index (χ0v) is 10.1. The Morgan fingerprint density at radius 2 is 2.33 bits per heavy atom. The van der Waals surface area contributed by atoms with Crippen molar-refractivity contribution < 1.29 is 13.5 Å². The van der Waals surface area contributed by atoms with Crippen LogP contribution in [0, 0.1) is 0 Å². The van der Waals surface area contributed by atoms with E-state index >= 15 is 0 Å². The molecule has 1 aromatic rings. The van der Waals surface area contributed by atoms with Crippen LogP contribution >= 0.6 is 11.3 Å². The highest BCUT2D eigenvalue weighted by Crippen LogP contribution is 2.16. The average Bonchev–Trinajstić information content (AvgIpc) is 2.67. The number of hydrogen-bond donors (Lipinski definition) is 2. The van der Waals surface area contributed by atoms with Crippen LogP contribution in [0.3, 0.4) is 0 Å². The summed E-state index contributed by atoms with van der Waals surface area (Å²) in [5.74, 6) is 0. The zero-order valence-electron chi connectivity index (χ0n) is 8.51. The first-order valence-corrected chi connectivity index (χ1v) is 7.09. The molecule has 1 heterocycles. The van der Waals surface area contributed by atoms with E-state index in [1.54, 1.807) is 24.4 Å². The van der Waals surface area contributed by atoms with Gasteiger partial charge >= 0.3 is 0 Å². The molecule has 6 heteroatoms. The van der Waals surface area contributed by atoms with Crippen molar-refractivity contribution in [3.63, 3.8) is 0 Å². The fourth-order valence-electron chi connectivity index (χ4n) is 1.20. The Bertz CT molecular complexity index is 372. The monoisotopic (exact) mass is 249 g/mol. The van der Waals surface area contributed by atoms with E-state index < -0.39 is 10.0 Å². The SMILES string of the molecule is CC(CCCO)NS(=O)(=O)c1cccs1. The van der Waals surface area contributed by atoms with Gasteiger partial charge in [-0.05, 0) is 31.2 Å². The van der Waals surface area contributed by atoms with Crippen molar-refractivity contribution in [3.8, 4) is 0 Å². The summed E-state index contributed by atoms with van der Waals surface area (Å²) in [6.07, 6.45) is 1.25. The van der Waals surface area contributed by atoms with E-state index in [2.05, 4.69) is 4.72 Å². The first-order chi connectivity index (χ1) is 7.06. The molecular formula is C9H15NO3S2. The van der Waals surface area contributed by atoms with Gasteiger partial charge < -0.3 is 5.11 Å². The number of aliphatic hydroxyl groups is 1. The van der Waals surface area contributed by atoms with Gasteiger partial charge in [0, 0.05) is 12.6 Å². The average molecular weight is 249 g/mol. The molecule has 0 radical (unpaired) electrons. The lowest BCUT2D eigenvalue weighted by Crippen LogP contribution is -2.32. The summed E-state index contributed by atoms with van der Waals surface area (Å²) in [6, 6.07) is 3.13. The van der Waals surface area contributed by atoms with Crippen LogP contribution in [-0.4, -0.2) is 26.2 Å². The van der Waals surface area contributed by atoms with Crippen molar-refractivity contribution in [1.29, 1.82) is 0 Å². The molecule has 0 amide bonds. The van der Waals surface area contributed by atoms with Gasteiger partial charge in [0.1, 0.15) is 4.21 Å². The summed E-state index contributed by atoms with van der Waals surface area (Å²) >= 11 is 1.20. The number of thiophene rings is 1. The summed E-state index contributed by atoms with van der Waals surface area (Å²) < 4.78 is 26.3. The summed E-state index contributed by atoms with van der Waals surface area (Å²) in [7, 11) is -3.36. The minimum Gasteiger partial charge on any atom is -0.396 e. The molecule has 15 heavy (non-hydrogen) atoms.